The lowest BCUT2D eigenvalue weighted by Gasteiger charge is -2.16. The maximum Gasteiger partial charge on any atom is 0.325 e. The Hall–Kier alpha value is -3.45. The Labute approximate surface area is 171 Å². The van der Waals surface area contributed by atoms with E-state index in [0.29, 0.717) is 10.6 Å². The first kappa shape index (κ1) is 20.3. The molecule has 0 saturated carbocycles. The highest BCUT2D eigenvalue weighted by Crippen LogP contribution is 2.26. The van der Waals surface area contributed by atoms with Gasteiger partial charge >= 0.3 is 5.97 Å². The van der Waals surface area contributed by atoms with Crippen LogP contribution >= 0.6 is 11.6 Å². The molecule has 0 amide bonds. The van der Waals surface area contributed by atoms with Crippen LogP contribution in [0.5, 0.6) is 0 Å². The standard InChI is InChI=1S/C21H18ClN3O4/c1-13(26)18-19(15-5-3-2-4-6-15)24-25(12-17(27)28)21(29)20(18)23-11-14-7-9-16(22)10-8-14/h2-10,23H,11-12H2,1H3,(H,27,28). The number of halogens is 1. The maximum atomic E-state index is 12.9. The van der Waals surface area contributed by atoms with Gasteiger partial charge in [0.1, 0.15) is 17.9 Å². The minimum Gasteiger partial charge on any atom is -0.480 e. The van der Waals surface area contributed by atoms with E-state index in [1.165, 1.54) is 6.92 Å². The molecule has 29 heavy (non-hydrogen) atoms. The summed E-state index contributed by atoms with van der Waals surface area (Å²) in [5, 5.41) is 16.9. The molecule has 148 valence electrons. The van der Waals surface area contributed by atoms with E-state index < -0.39 is 18.1 Å². The van der Waals surface area contributed by atoms with Crippen molar-refractivity contribution in [3.8, 4) is 11.3 Å². The number of benzene rings is 2. The number of carbonyl (C=O) groups is 2. The Balaban J connectivity index is 2.15. The predicted octanol–water partition coefficient (Wildman–Crippen LogP) is 3.46. The fraction of sp³-hybridized carbons (Fsp3) is 0.143. The van der Waals surface area contributed by atoms with E-state index in [9.17, 15) is 14.4 Å². The topological polar surface area (TPSA) is 101 Å². The highest BCUT2D eigenvalue weighted by atomic mass is 35.5. The molecule has 3 aromatic rings. The summed E-state index contributed by atoms with van der Waals surface area (Å²) in [7, 11) is 0. The minimum absolute atomic E-state index is 0.0163. The SMILES string of the molecule is CC(=O)c1c(-c2ccccc2)nn(CC(=O)O)c(=O)c1NCc1ccc(Cl)cc1. The third-order valence-corrected chi connectivity index (χ3v) is 4.47. The van der Waals surface area contributed by atoms with Gasteiger partial charge in [0, 0.05) is 17.1 Å². The van der Waals surface area contributed by atoms with Gasteiger partial charge in [0.2, 0.25) is 0 Å². The number of rotatable bonds is 7. The molecule has 0 saturated heterocycles. The molecule has 3 rings (SSSR count). The highest BCUT2D eigenvalue weighted by molar-refractivity contribution is 6.30. The number of hydrogen-bond acceptors (Lipinski definition) is 5. The van der Waals surface area contributed by atoms with Crippen LogP contribution in [-0.2, 0) is 17.9 Å². The summed E-state index contributed by atoms with van der Waals surface area (Å²) in [5.74, 6) is -1.56. The molecular weight excluding hydrogens is 394 g/mol. The summed E-state index contributed by atoms with van der Waals surface area (Å²) in [6.45, 7) is 0.975. The van der Waals surface area contributed by atoms with Crippen LogP contribution in [0.4, 0.5) is 5.69 Å². The fourth-order valence-electron chi connectivity index (χ4n) is 2.90. The molecule has 0 spiro atoms. The smallest absolute Gasteiger partial charge is 0.325 e. The predicted molar refractivity (Wildman–Crippen MR) is 110 cm³/mol. The third-order valence-electron chi connectivity index (χ3n) is 4.22. The Morgan fingerprint density at radius 2 is 1.76 bits per heavy atom. The van der Waals surface area contributed by atoms with Gasteiger partial charge in [0.05, 0.1) is 5.56 Å². The van der Waals surface area contributed by atoms with E-state index in [0.717, 1.165) is 10.2 Å². The van der Waals surface area contributed by atoms with E-state index in [1.807, 2.05) is 6.07 Å². The number of aromatic nitrogens is 2. The third kappa shape index (κ3) is 4.70. The molecule has 0 atom stereocenters. The molecule has 8 heteroatoms. The Bertz CT molecular complexity index is 1110. The summed E-state index contributed by atoms with van der Waals surface area (Å²) in [5.41, 5.74) is 1.15. The lowest BCUT2D eigenvalue weighted by molar-refractivity contribution is -0.137. The molecule has 2 N–H and O–H groups in total. The Kier molecular flexibility index (Phi) is 6.09. The van der Waals surface area contributed by atoms with Crippen LogP contribution in [0.15, 0.2) is 59.4 Å². The minimum atomic E-state index is -1.21. The number of nitrogens with zero attached hydrogens (tertiary/aromatic N) is 2. The lowest BCUT2D eigenvalue weighted by Crippen LogP contribution is -2.31. The van der Waals surface area contributed by atoms with Crippen LogP contribution in [-0.4, -0.2) is 26.6 Å². The second-order valence-electron chi connectivity index (χ2n) is 6.36. The van der Waals surface area contributed by atoms with Gasteiger partial charge in [0.15, 0.2) is 5.78 Å². The Morgan fingerprint density at radius 3 is 2.34 bits per heavy atom. The molecule has 0 aliphatic carbocycles. The van der Waals surface area contributed by atoms with Crippen molar-refractivity contribution in [1.82, 2.24) is 9.78 Å². The van der Waals surface area contributed by atoms with Crippen LogP contribution in [0.2, 0.25) is 5.02 Å². The Morgan fingerprint density at radius 1 is 1.10 bits per heavy atom. The average Bonchev–Trinajstić information content (AvgIpc) is 2.69. The molecule has 0 radical (unpaired) electrons. The number of carboxylic acid groups (broad SMARTS) is 1. The van der Waals surface area contributed by atoms with Gasteiger partial charge in [-0.2, -0.15) is 5.10 Å². The summed E-state index contributed by atoms with van der Waals surface area (Å²) in [4.78, 5) is 36.5. The molecule has 0 aliphatic rings. The molecule has 7 nitrogen and oxygen atoms in total. The molecule has 0 unspecified atom stereocenters. The van der Waals surface area contributed by atoms with E-state index >= 15 is 0 Å². The summed E-state index contributed by atoms with van der Waals surface area (Å²) in [6.07, 6.45) is 0. The number of ketones is 1. The van der Waals surface area contributed by atoms with Gasteiger partial charge in [-0.1, -0.05) is 54.1 Å². The van der Waals surface area contributed by atoms with E-state index in [1.54, 1.807) is 48.5 Å². The first-order chi connectivity index (χ1) is 13.9. The highest BCUT2D eigenvalue weighted by Gasteiger charge is 2.22. The zero-order valence-corrected chi connectivity index (χ0v) is 16.3. The van der Waals surface area contributed by atoms with Crippen molar-refractivity contribution in [2.75, 3.05) is 5.32 Å². The van der Waals surface area contributed by atoms with Crippen molar-refractivity contribution in [3.63, 3.8) is 0 Å². The first-order valence-electron chi connectivity index (χ1n) is 8.78. The quantitative estimate of drug-likeness (QED) is 0.577. The van der Waals surface area contributed by atoms with E-state index in [2.05, 4.69) is 10.4 Å². The molecule has 0 fully saturated rings. The van der Waals surface area contributed by atoms with Gasteiger partial charge in [0.25, 0.3) is 5.56 Å². The van der Waals surface area contributed by atoms with Crippen molar-refractivity contribution >= 4 is 29.0 Å². The number of aliphatic carboxylic acids is 1. The monoisotopic (exact) mass is 411 g/mol. The van der Waals surface area contributed by atoms with Crippen molar-refractivity contribution < 1.29 is 14.7 Å². The largest absolute Gasteiger partial charge is 0.480 e. The summed E-state index contributed by atoms with van der Waals surface area (Å²) < 4.78 is 0.849. The number of carboxylic acids is 1. The van der Waals surface area contributed by atoms with Crippen LogP contribution in [0.25, 0.3) is 11.3 Å². The van der Waals surface area contributed by atoms with Gasteiger partial charge in [-0.25, -0.2) is 4.68 Å². The van der Waals surface area contributed by atoms with Crippen LogP contribution in [0.1, 0.15) is 22.8 Å². The molecule has 1 aromatic heterocycles. The number of nitrogens with one attached hydrogen (secondary N) is 1. The second-order valence-corrected chi connectivity index (χ2v) is 6.79. The molecule has 0 aliphatic heterocycles. The van der Waals surface area contributed by atoms with E-state index in [-0.39, 0.29) is 29.3 Å². The maximum absolute atomic E-state index is 12.9. The summed E-state index contributed by atoms with van der Waals surface area (Å²) in [6, 6.07) is 15.9. The van der Waals surface area contributed by atoms with Crippen molar-refractivity contribution in [3.05, 3.63) is 81.1 Å². The van der Waals surface area contributed by atoms with Gasteiger partial charge in [-0.15, -0.1) is 0 Å². The van der Waals surface area contributed by atoms with Crippen molar-refractivity contribution in [2.24, 2.45) is 0 Å². The first-order valence-corrected chi connectivity index (χ1v) is 9.16. The van der Waals surface area contributed by atoms with Crippen molar-refractivity contribution in [2.45, 2.75) is 20.0 Å². The zero-order valence-electron chi connectivity index (χ0n) is 15.6. The van der Waals surface area contributed by atoms with Crippen LogP contribution < -0.4 is 10.9 Å². The molecule has 2 aromatic carbocycles. The fourth-order valence-corrected chi connectivity index (χ4v) is 3.03. The normalized spacial score (nSPS) is 10.6. The zero-order chi connectivity index (χ0) is 21.0. The van der Waals surface area contributed by atoms with Crippen LogP contribution in [0.3, 0.4) is 0 Å². The number of anilines is 1. The number of carbonyl (C=O) groups excluding carboxylic acids is 1. The van der Waals surface area contributed by atoms with Crippen molar-refractivity contribution in [1.29, 1.82) is 0 Å². The number of Topliss-reactive ketones (excluding diaryl/α,β-unsaturated/α-hetero) is 1. The van der Waals surface area contributed by atoms with Gasteiger partial charge < -0.3 is 10.4 Å². The molecule has 0 bridgehead atoms. The average molecular weight is 412 g/mol. The molecule has 1 heterocycles. The van der Waals surface area contributed by atoms with E-state index in [4.69, 9.17) is 16.7 Å². The van der Waals surface area contributed by atoms with Gasteiger partial charge in [-0.3, -0.25) is 14.4 Å². The molecular formula is C21H18ClN3O4. The van der Waals surface area contributed by atoms with Crippen LogP contribution in [0, 0.1) is 0 Å². The number of hydrogen-bond donors (Lipinski definition) is 2. The van der Waals surface area contributed by atoms with Gasteiger partial charge in [-0.05, 0) is 24.6 Å². The second kappa shape index (κ2) is 8.70. The lowest BCUT2D eigenvalue weighted by atomic mass is 10.0. The summed E-state index contributed by atoms with van der Waals surface area (Å²) >= 11 is 5.90.